The van der Waals surface area contributed by atoms with E-state index in [2.05, 4.69) is 0 Å². The topological polar surface area (TPSA) is 29.5 Å². The van der Waals surface area contributed by atoms with Crippen molar-refractivity contribution in [3.8, 4) is 0 Å². The number of hydrogen-bond acceptors (Lipinski definition) is 3. The van der Waals surface area contributed by atoms with E-state index in [1.165, 1.54) is 0 Å². The van der Waals surface area contributed by atoms with Crippen LogP contribution < -0.4 is 0 Å². The summed E-state index contributed by atoms with van der Waals surface area (Å²) in [5.41, 5.74) is 0.998. The number of alkyl halides is 2. The molecule has 0 aliphatic carbocycles. The molecule has 0 amide bonds. The molecule has 1 aliphatic heterocycles. The quantitative estimate of drug-likeness (QED) is 0.796. The first-order valence-electron chi connectivity index (χ1n) is 6.83. The lowest BCUT2D eigenvalue weighted by Crippen LogP contribution is -2.51. The Kier molecular flexibility index (Phi) is 4.70. The molecule has 1 aromatic carbocycles. The third-order valence-corrected chi connectivity index (χ3v) is 3.50. The predicted molar refractivity (Wildman–Crippen MR) is 71.4 cm³/mol. The second-order valence-corrected chi connectivity index (χ2v) is 5.05. The molecule has 0 saturated carbocycles. The highest BCUT2D eigenvalue weighted by Gasteiger charge is 2.49. The minimum atomic E-state index is -3.03. The first kappa shape index (κ1) is 14.9. The molecular formula is C15H19F2NO2. The molecule has 110 valence electrons. The van der Waals surface area contributed by atoms with Gasteiger partial charge in [0, 0.05) is 6.54 Å². The van der Waals surface area contributed by atoms with Gasteiger partial charge in [0.2, 0.25) is 0 Å². The molecule has 1 aromatic rings. The zero-order valence-electron chi connectivity index (χ0n) is 11.5. The fourth-order valence-electron chi connectivity index (χ4n) is 2.52. The van der Waals surface area contributed by atoms with Gasteiger partial charge in [0.15, 0.2) is 0 Å². The van der Waals surface area contributed by atoms with Crippen LogP contribution in [0.25, 0.3) is 0 Å². The van der Waals surface area contributed by atoms with Crippen LogP contribution in [0.3, 0.4) is 0 Å². The predicted octanol–water partition coefficient (Wildman–Crippen LogP) is 2.71. The SMILES string of the molecule is CCOC(=O)C1CCN(Cc2ccccc2)CC1(F)F. The standard InChI is InChI=1S/C15H19F2NO2/c1-2-20-14(19)13-8-9-18(11-15(13,16)17)10-12-6-4-3-5-7-12/h3-7,13H,2,8-11H2,1H3. The van der Waals surface area contributed by atoms with E-state index in [1.54, 1.807) is 11.8 Å². The summed E-state index contributed by atoms with van der Waals surface area (Å²) in [6.07, 6.45) is 0.138. The number of halogens is 2. The van der Waals surface area contributed by atoms with E-state index in [1.807, 2.05) is 30.3 Å². The van der Waals surface area contributed by atoms with Crippen molar-refractivity contribution in [1.82, 2.24) is 4.90 Å². The van der Waals surface area contributed by atoms with Crippen LogP contribution in [0.1, 0.15) is 18.9 Å². The summed E-state index contributed by atoms with van der Waals surface area (Å²) in [5, 5.41) is 0. The Bertz CT molecular complexity index is 450. The maximum absolute atomic E-state index is 14.1. The highest BCUT2D eigenvalue weighted by atomic mass is 19.3. The Hall–Kier alpha value is -1.49. The first-order valence-corrected chi connectivity index (χ1v) is 6.83. The van der Waals surface area contributed by atoms with E-state index >= 15 is 0 Å². The molecule has 5 heteroatoms. The fourth-order valence-corrected chi connectivity index (χ4v) is 2.52. The van der Waals surface area contributed by atoms with Crippen molar-refractivity contribution >= 4 is 5.97 Å². The molecule has 1 heterocycles. The van der Waals surface area contributed by atoms with Crippen molar-refractivity contribution < 1.29 is 18.3 Å². The highest BCUT2D eigenvalue weighted by molar-refractivity contribution is 5.73. The van der Waals surface area contributed by atoms with E-state index < -0.39 is 24.4 Å². The van der Waals surface area contributed by atoms with Gasteiger partial charge in [-0.1, -0.05) is 30.3 Å². The molecule has 0 N–H and O–H groups in total. The summed E-state index contributed by atoms with van der Waals surface area (Å²) < 4.78 is 32.8. The number of piperidine rings is 1. The lowest BCUT2D eigenvalue weighted by atomic mass is 9.92. The third-order valence-electron chi connectivity index (χ3n) is 3.50. The summed E-state index contributed by atoms with van der Waals surface area (Å²) in [6.45, 7) is 2.32. The van der Waals surface area contributed by atoms with Crippen molar-refractivity contribution in [2.24, 2.45) is 5.92 Å². The number of esters is 1. The van der Waals surface area contributed by atoms with Crippen LogP contribution in [0.2, 0.25) is 0 Å². The van der Waals surface area contributed by atoms with E-state index in [-0.39, 0.29) is 13.0 Å². The van der Waals surface area contributed by atoms with Crippen molar-refractivity contribution in [3.63, 3.8) is 0 Å². The minimum absolute atomic E-state index is 0.138. The van der Waals surface area contributed by atoms with Crippen LogP contribution in [0.5, 0.6) is 0 Å². The van der Waals surface area contributed by atoms with Crippen molar-refractivity contribution in [2.45, 2.75) is 25.8 Å². The summed E-state index contributed by atoms with van der Waals surface area (Å²) in [5.74, 6) is -5.12. The number of carbonyl (C=O) groups excluding carboxylic acids is 1. The molecule has 20 heavy (non-hydrogen) atoms. The average molecular weight is 283 g/mol. The Labute approximate surface area is 117 Å². The fraction of sp³-hybridized carbons (Fsp3) is 0.533. The molecular weight excluding hydrogens is 264 g/mol. The molecule has 1 fully saturated rings. The largest absolute Gasteiger partial charge is 0.466 e. The summed E-state index contributed by atoms with van der Waals surface area (Å²) in [6, 6.07) is 9.49. The number of nitrogens with zero attached hydrogens (tertiary/aromatic N) is 1. The molecule has 1 unspecified atom stereocenters. The van der Waals surface area contributed by atoms with Gasteiger partial charge in [-0.2, -0.15) is 0 Å². The van der Waals surface area contributed by atoms with Gasteiger partial charge in [0.05, 0.1) is 13.2 Å². The Morgan fingerprint density at radius 1 is 1.40 bits per heavy atom. The second-order valence-electron chi connectivity index (χ2n) is 5.05. The van der Waals surface area contributed by atoms with Gasteiger partial charge in [0.1, 0.15) is 5.92 Å². The monoisotopic (exact) mass is 283 g/mol. The number of rotatable bonds is 4. The molecule has 0 bridgehead atoms. The Morgan fingerprint density at radius 3 is 2.70 bits per heavy atom. The Morgan fingerprint density at radius 2 is 2.10 bits per heavy atom. The number of benzene rings is 1. The molecule has 1 atom stereocenters. The van der Waals surface area contributed by atoms with Crippen LogP contribution >= 0.6 is 0 Å². The van der Waals surface area contributed by atoms with Crippen molar-refractivity contribution in [3.05, 3.63) is 35.9 Å². The van der Waals surface area contributed by atoms with E-state index in [9.17, 15) is 13.6 Å². The van der Waals surface area contributed by atoms with Gasteiger partial charge in [-0.25, -0.2) is 8.78 Å². The highest BCUT2D eigenvalue weighted by Crippen LogP contribution is 2.34. The van der Waals surface area contributed by atoms with Crippen molar-refractivity contribution in [2.75, 3.05) is 19.7 Å². The van der Waals surface area contributed by atoms with E-state index in [0.717, 1.165) is 5.56 Å². The van der Waals surface area contributed by atoms with Gasteiger partial charge in [-0.15, -0.1) is 0 Å². The number of carbonyl (C=O) groups is 1. The van der Waals surface area contributed by atoms with Gasteiger partial charge in [-0.3, -0.25) is 9.69 Å². The molecule has 2 rings (SSSR count). The third kappa shape index (κ3) is 3.54. The number of likely N-dealkylation sites (tertiary alicyclic amines) is 1. The van der Waals surface area contributed by atoms with E-state index in [0.29, 0.717) is 13.1 Å². The summed E-state index contributed by atoms with van der Waals surface area (Å²) in [7, 11) is 0. The maximum Gasteiger partial charge on any atom is 0.315 e. The van der Waals surface area contributed by atoms with Crippen LogP contribution in [0.4, 0.5) is 8.78 Å². The smallest absolute Gasteiger partial charge is 0.315 e. The lowest BCUT2D eigenvalue weighted by molar-refractivity contribution is -0.173. The first-order chi connectivity index (χ1) is 9.53. The normalized spacial score (nSPS) is 22.4. The number of ether oxygens (including phenoxy) is 1. The summed E-state index contributed by atoms with van der Waals surface area (Å²) >= 11 is 0. The van der Waals surface area contributed by atoms with Crippen LogP contribution in [0.15, 0.2) is 30.3 Å². The molecule has 0 aromatic heterocycles. The number of hydrogen-bond donors (Lipinski definition) is 0. The van der Waals surface area contributed by atoms with Crippen molar-refractivity contribution in [1.29, 1.82) is 0 Å². The minimum Gasteiger partial charge on any atom is -0.466 e. The summed E-state index contributed by atoms with van der Waals surface area (Å²) in [4.78, 5) is 13.2. The van der Waals surface area contributed by atoms with Gasteiger partial charge in [-0.05, 0) is 25.5 Å². The molecule has 0 radical (unpaired) electrons. The van der Waals surface area contributed by atoms with Gasteiger partial charge < -0.3 is 4.74 Å². The molecule has 1 saturated heterocycles. The van der Waals surface area contributed by atoms with Gasteiger partial charge in [0.25, 0.3) is 5.92 Å². The molecule has 1 aliphatic rings. The maximum atomic E-state index is 14.1. The zero-order valence-corrected chi connectivity index (χ0v) is 11.5. The lowest BCUT2D eigenvalue weighted by Gasteiger charge is -2.37. The van der Waals surface area contributed by atoms with Crippen LogP contribution in [-0.4, -0.2) is 36.5 Å². The van der Waals surface area contributed by atoms with Gasteiger partial charge >= 0.3 is 5.97 Å². The Balaban J connectivity index is 1.97. The van der Waals surface area contributed by atoms with Crippen LogP contribution in [-0.2, 0) is 16.1 Å². The van der Waals surface area contributed by atoms with E-state index in [4.69, 9.17) is 4.74 Å². The van der Waals surface area contributed by atoms with Crippen LogP contribution in [0, 0.1) is 5.92 Å². The molecule has 0 spiro atoms. The molecule has 3 nitrogen and oxygen atoms in total. The zero-order chi connectivity index (χ0) is 14.6. The second kappa shape index (κ2) is 6.31. The average Bonchev–Trinajstić information content (AvgIpc) is 2.39.